The Morgan fingerprint density at radius 3 is 2.85 bits per heavy atom. The first-order valence-electron chi connectivity index (χ1n) is 7.47. The second kappa shape index (κ2) is 5.30. The molecule has 0 bridgehead atoms. The highest BCUT2D eigenvalue weighted by molar-refractivity contribution is 5.67. The van der Waals surface area contributed by atoms with Crippen molar-refractivity contribution < 1.29 is 4.74 Å². The van der Waals surface area contributed by atoms with Gasteiger partial charge in [0, 0.05) is 37.4 Å². The molecule has 0 unspecified atom stereocenters. The number of hydrogen-bond acceptors (Lipinski definition) is 3. The fraction of sp³-hybridized carbons (Fsp3) is 0.588. The summed E-state index contributed by atoms with van der Waals surface area (Å²) in [5.74, 6) is 0.601. The maximum Gasteiger partial charge on any atom is 0.0554 e. The fourth-order valence-corrected chi connectivity index (χ4v) is 3.28. The molecule has 1 aromatic rings. The molecule has 3 heterocycles. The van der Waals surface area contributed by atoms with Gasteiger partial charge < -0.3 is 4.74 Å². The molecule has 0 saturated carbocycles. The van der Waals surface area contributed by atoms with E-state index < -0.39 is 0 Å². The zero-order valence-corrected chi connectivity index (χ0v) is 12.7. The van der Waals surface area contributed by atoms with Crippen molar-refractivity contribution in [1.82, 2.24) is 9.88 Å². The maximum atomic E-state index is 5.38. The smallest absolute Gasteiger partial charge is 0.0554 e. The van der Waals surface area contributed by atoms with E-state index in [9.17, 15) is 0 Å². The van der Waals surface area contributed by atoms with E-state index in [0.29, 0.717) is 11.3 Å². The number of pyridine rings is 1. The molecular formula is C17H24N2O. The van der Waals surface area contributed by atoms with Crippen LogP contribution in [0, 0.1) is 18.3 Å². The quantitative estimate of drug-likeness (QED) is 0.846. The minimum Gasteiger partial charge on any atom is -0.380 e. The summed E-state index contributed by atoms with van der Waals surface area (Å²) in [7, 11) is 0. The molecule has 1 atom stereocenters. The van der Waals surface area contributed by atoms with Gasteiger partial charge in [-0.2, -0.15) is 0 Å². The summed E-state index contributed by atoms with van der Waals surface area (Å²) in [6.07, 6.45) is 6.32. The summed E-state index contributed by atoms with van der Waals surface area (Å²) in [6.45, 7) is 11.9. The number of aryl methyl sites for hydroxylation is 1. The normalized spacial score (nSPS) is 25.9. The van der Waals surface area contributed by atoms with Crippen LogP contribution in [0.1, 0.15) is 25.0 Å². The highest BCUT2D eigenvalue weighted by Crippen LogP contribution is 2.31. The second-order valence-electron chi connectivity index (χ2n) is 6.89. The molecule has 0 N–H and O–H groups in total. The van der Waals surface area contributed by atoms with Gasteiger partial charge >= 0.3 is 0 Å². The van der Waals surface area contributed by atoms with Gasteiger partial charge in [0.05, 0.1) is 13.2 Å². The summed E-state index contributed by atoms with van der Waals surface area (Å²) in [5.41, 5.74) is 4.28. The average molecular weight is 272 g/mol. The summed E-state index contributed by atoms with van der Waals surface area (Å²) in [6, 6.07) is 2.24. The molecule has 3 heteroatoms. The van der Waals surface area contributed by atoms with Crippen molar-refractivity contribution in [2.24, 2.45) is 11.3 Å². The maximum absolute atomic E-state index is 5.38. The molecule has 3 nitrogen and oxygen atoms in total. The third-order valence-electron chi connectivity index (χ3n) is 4.18. The van der Waals surface area contributed by atoms with Gasteiger partial charge in [-0.3, -0.25) is 9.88 Å². The lowest BCUT2D eigenvalue weighted by Gasteiger charge is -2.43. The van der Waals surface area contributed by atoms with E-state index >= 15 is 0 Å². The van der Waals surface area contributed by atoms with Crippen LogP contribution in [0.15, 0.2) is 24.5 Å². The highest BCUT2D eigenvalue weighted by atomic mass is 16.5. The number of hydrogen-bond donors (Lipinski definition) is 0. The van der Waals surface area contributed by atoms with Crippen LogP contribution in [-0.2, 0) is 4.74 Å². The third-order valence-corrected chi connectivity index (χ3v) is 4.18. The number of rotatable bonds is 3. The largest absolute Gasteiger partial charge is 0.380 e. The molecule has 0 amide bonds. The Bertz CT molecular complexity index is 519. The Morgan fingerprint density at radius 2 is 2.20 bits per heavy atom. The van der Waals surface area contributed by atoms with E-state index in [1.165, 1.54) is 16.7 Å². The van der Waals surface area contributed by atoms with Crippen molar-refractivity contribution in [2.75, 3.05) is 32.8 Å². The molecule has 2 aliphatic rings. The van der Waals surface area contributed by atoms with Crippen LogP contribution in [0.5, 0.6) is 0 Å². The van der Waals surface area contributed by atoms with Gasteiger partial charge in [0.15, 0.2) is 0 Å². The summed E-state index contributed by atoms with van der Waals surface area (Å²) in [5, 5.41) is 0. The first-order valence-corrected chi connectivity index (χ1v) is 7.47. The van der Waals surface area contributed by atoms with Crippen LogP contribution in [-0.4, -0.2) is 42.7 Å². The topological polar surface area (TPSA) is 25.4 Å². The Morgan fingerprint density at radius 1 is 1.40 bits per heavy atom. The second-order valence-corrected chi connectivity index (χ2v) is 6.89. The lowest BCUT2D eigenvalue weighted by atomic mass is 9.86. The Labute approximate surface area is 121 Å². The molecule has 20 heavy (non-hydrogen) atoms. The zero-order valence-electron chi connectivity index (χ0n) is 12.7. The van der Waals surface area contributed by atoms with Crippen LogP contribution in [0.4, 0.5) is 0 Å². The average Bonchev–Trinajstić information content (AvgIpc) is 2.36. The van der Waals surface area contributed by atoms with Gasteiger partial charge in [0.1, 0.15) is 0 Å². The van der Waals surface area contributed by atoms with Gasteiger partial charge in [-0.15, -0.1) is 0 Å². The highest BCUT2D eigenvalue weighted by Gasteiger charge is 2.36. The van der Waals surface area contributed by atoms with E-state index in [-0.39, 0.29) is 0 Å². The lowest BCUT2D eigenvalue weighted by Crippen LogP contribution is -2.50. The Kier molecular flexibility index (Phi) is 3.65. The van der Waals surface area contributed by atoms with Crippen molar-refractivity contribution in [3.8, 4) is 0 Å². The molecule has 1 saturated heterocycles. The SMILES string of the molecule is Cc1cncc(C2=C[C@H](C)CN(CC3(C)COC3)C2)c1. The van der Waals surface area contributed by atoms with Crippen LogP contribution < -0.4 is 0 Å². The van der Waals surface area contributed by atoms with Gasteiger partial charge in [-0.1, -0.05) is 19.9 Å². The molecule has 1 fully saturated rings. The molecule has 108 valence electrons. The predicted molar refractivity (Wildman–Crippen MR) is 81.5 cm³/mol. The van der Waals surface area contributed by atoms with Crippen molar-refractivity contribution >= 4 is 5.57 Å². The van der Waals surface area contributed by atoms with E-state index in [4.69, 9.17) is 4.74 Å². The van der Waals surface area contributed by atoms with E-state index in [0.717, 1.165) is 32.8 Å². The standard InChI is InChI=1S/C17H24N2O/c1-13-4-15(7-18-6-13)16-5-14(2)8-19(9-16)10-17(3)11-20-12-17/h4-7,14H,8-12H2,1-3H3/t14-/m0/s1. The van der Waals surface area contributed by atoms with Crippen molar-refractivity contribution in [1.29, 1.82) is 0 Å². The zero-order chi connectivity index (χ0) is 14.2. The molecule has 0 aliphatic carbocycles. The van der Waals surface area contributed by atoms with Gasteiger partial charge in [0.2, 0.25) is 0 Å². The molecule has 0 spiro atoms. The minimum absolute atomic E-state index is 0.354. The van der Waals surface area contributed by atoms with Crippen LogP contribution in [0.2, 0.25) is 0 Å². The third kappa shape index (κ3) is 2.94. The molecule has 3 rings (SSSR count). The van der Waals surface area contributed by atoms with Crippen molar-refractivity contribution in [3.63, 3.8) is 0 Å². The molecule has 0 aromatic carbocycles. The molecule has 0 radical (unpaired) electrons. The first kappa shape index (κ1) is 13.8. The number of aromatic nitrogens is 1. The van der Waals surface area contributed by atoms with Crippen LogP contribution in [0.3, 0.4) is 0 Å². The van der Waals surface area contributed by atoms with Crippen molar-refractivity contribution in [2.45, 2.75) is 20.8 Å². The van der Waals surface area contributed by atoms with Gasteiger partial charge in [-0.05, 0) is 35.6 Å². The summed E-state index contributed by atoms with van der Waals surface area (Å²) >= 11 is 0. The molecule has 1 aromatic heterocycles. The molecular weight excluding hydrogens is 248 g/mol. The number of ether oxygens (including phenoxy) is 1. The summed E-state index contributed by atoms with van der Waals surface area (Å²) in [4.78, 5) is 6.91. The molecule has 2 aliphatic heterocycles. The predicted octanol–water partition coefficient (Wildman–Crippen LogP) is 2.76. The minimum atomic E-state index is 0.354. The monoisotopic (exact) mass is 272 g/mol. The van der Waals surface area contributed by atoms with Gasteiger partial charge in [-0.25, -0.2) is 0 Å². The summed E-state index contributed by atoms with van der Waals surface area (Å²) < 4.78 is 5.38. The van der Waals surface area contributed by atoms with Crippen LogP contribution in [0.25, 0.3) is 5.57 Å². The fourth-order valence-electron chi connectivity index (χ4n) is 3.28. The number of nitrogens with zero attached hydrogens (tertiary/aromatic N) is 2. The Hall–Kier alpha value is -1.19. The van der Waals surface area contributed by atoms with E-state index in [1.807, 2.05) is 12.4 Å². The van der Waals surface area contributed by atoms with E-state index in [2.05, 4.69) is 42.8 Å². The van der Waals surface area contributed by atoms with Gasteiger partial charge in [0.25, 0.3) is 0 Å². The Balaban J connectivity index is 1.75. The van der Waals surface area contributed by atoms with E-state index in [1.54, 1.807) is 0 Å². The van der Waals surface area contributed by atoms with Crippen LogP contribution >= 0.6 is 0 Å². The lowest BCUT2D eigenvalue weighted by molar-refractivity contribution is -0.114. The van der Waals surface area contributed by atoms with Crippen molar-refractivity contribution in [3.05, 3.63) is 35.7 Å². The first-order chi connectivity index (χ1) is 9.54.